The number of ether oxygens (including phenoxy) is 1. The summed E-state index contributed by atoms with van der Waals surface area (Å²) in [4.78, 5) is 0. The third kappa shape index (κ3) is 3.59. The molecular formula is C11H12ClF3O. The van der Waals surface area contributed by atoms with E-state index in [0.29, 0.717) is 0 Å². The van der Waals surface area contributed by atoms with Crippen LogP contribution in [0.3, 0.4) is 0 Å². The molecule has 0 saturated carbocycles. The van der Waals surface area contributed by atoms with Gasteiger partial charge in [-0.3, -0.25) is 0 Å². The van der Waals surface area contributed by atoms with Gasteiger partial charge in [0.15, 0.2) is 0 Å². The van der Waals surface area contributed by atoms with Crippen LogP contribution in [0.5, 0.6) is 5.75 Å². The molecule has 0 aromatic heterocycles. The summed E-state index contributed by atoms with van der Waals surface area (Å²) in [5.41, 5.74) is 0.905. The van der Waals surface area contributed by atoms with E-state index in [-0.39, 0.29) is 16.7 Å². The van der Waals surface area contributed by atoms with Crippen molar-refractivity contribution in [3.63, 3.8) is 0 Å². The number of hydrogen-bond donors (Lipinski definition) is 0. The highest BCUT2D eigenvalue weighted by Gasteiger charge is 2.32. The van der Waals surface area contributed by atoms with Crippen molar-refractivity contribution in [1.82, 2.24) is 0 Å². The molecule has 0 saturated heterocycles. The molecule has 0 aliphatic carbocycles. The first-order valence-corrected chi connectivity index (χ1v) is 5.26. The minimum absolute atomic E-state index is 0.0184. The first kappa shape index (κ1) is 13.2. The number of alkyl halides is 3. The SMILES string of the molecule is CCC(C)c1ccc(OC(F)(F)F)c(Cl)c1. The van der Waals surface area contributed by atoms with Crippen molar-refractivity contribution >= 4 is 11.6 Å². The van der Waals surface area contributed by atoms with Crippen molar-refractivity contribution in [1.29, 1.82) is 0 Å². The van der Waals surface area contributed by atoms with Gasteiger partial charge in [-0.2, -0.15) is 0 Å². The van der Waals surface area contributed by atoms with E-state index < -0.39 is 6.36 Å². The zero-order valence-corrected chi connectivity index (χ0v) is 9.69. The Bertz CT molecular complexity index is 363. The molecule has 1 aromatic rings. The molecule has 5 heteroatoms. The van der Waals surface area contributed by atoms with Crippen LogP contribution in [-0.4, -0.2) is 6.36 Å². The molecule has 1 aromatic carbocycles. The molecule has 1 rings (SSSR count). The Morgan fingerprint density at radius 3 is 2.44 bits per heavy atom. The van der Waals surface area contributed by atoms with Crippen molar-refractivity contribution in [2.45, 2.75) is 32.5 Å². The highest BCUT2D eigenvalue weighted by molar-refractivity contribution is 6.32. The second kappa shape index (κ2) is 4.95. The molecule has 1 atom stereocenters. The predicted molar refractivity (Wildman–Crippen MR) is 56.8 cm³/mol. The molecule has 0 aliphatic rings. The quantitative estimate of drug-likeness (QED) is 0.754. The predicted octanol–water partition coefficient (Wildman–Crippen LogP) is 4.75. The molecule has 90 valence electrons. The van der Waals surface area contributed by atoms with E-state index in [2.05, 4.69) is 4.74 Å². The van der Waals surface area contributed by atoms with Gasteiger partial charge in [0.05, 0.1) is 5.02 Å². The van der Waals surface area contributed by atoms with Crippen LogP contribution < -0.4 is 4.74 Å². The Kier molecular flexibility index (Phi) is 4.08. The highest BCUT2D eigenvalue weighted by Crippen LogP contribution is 2.33. The fourth-order valence-corrected chi connectivity index (χ4v) is 1.49. The Labute approximate surface area is 97.2 Å². The van der Waals surface area contributed by atoms with E-state index >= 15 is 0 Å². The lowest BCUT2D eigenvalue weighted by Gasteiger charge is -2.13. The van der Waals surface area contributed by atoms with Crippen LogP contribution >= 0.6 is 11.6 Å². The molecule has 0 amide bonds. The van der Waals surface area contributed by atoms with Gasteiger partial charge in [0.1, 0.15) is 5.75 Å². The molecule has 0 aliphatic heterocycles. The van der Waals surface area contributed by atoms with Gasteiger partial charge in [0.2, 0.25) is 0 Å². The largest absolute Gasteiger partial charge is 0.573 e. The second-order valence-corrected chi connectivity index (χ2v) is 3.95. The van der Waals surface area contributed by atoms with E-state index in [1.165, 1.54) is 12.1 Å². The van der Waals surface area contributed by atoms with Crippen LogP contribution in [0.1, 0.15) is 31.7 Å². The molecule has 0 heterocycles. The first-order chi connectivity index (χ1) is 7.33. The Balaban J connectivity index is 2.92. The average molecular weight is 253 g/mol. The third-order valence-corrected chi connectivity index (χ3v) is 2.66. The molecule has 0 bridgehead atoms. The smallest absolute Gasteiger partial charge is 0.404 e. The van der Waals surface area contributed by atoms with Gasteiger partial charge in [-0.15, -0.1) is 13.2 Å². The number of hydrogen-bond acceptors (Lipinski definition) is 1. The highest BCUT2D eigenvalue weighted by atomic mass is 35.5. The normalized spacial score (nSPS) is 13.6. The summed E-state index contributed by atoms with van der Waals surface area (Å²) in [6.45, 7) is 3.98. The average Bonchev–Trinajstić information content (AvgIpc) is 2.18. The molecule has 1 unspecified atom stereocenters. The summed E-state index contributed by atoms with van der Waals surface area (Å²) in [5, 5.41) is -0.0184. The summed E-state index contributed by atoms with van der Waals surface area (Å²) in [6, 6.07) is 4.36. The Morgan fingerprint density at radius 1 is 1.38 bits per heavy atom. The standard InChI is InChI=1S/C11H12ClF3O/c1-3-7(2)8-4-5-10(9(12)6-8)16-11(13,14)15/h4-7H,3H2,1-2H3. The van der Waals surface area contributed by atoms with E-state index in [4.69, 9.17) is 11.6 Å². The fourth-order valence-electron chi connectivity index (χ4n) is 1.27. The van der Waals surface area contributed by atoms with Crippen molar-refractivity contribution in [3.8, 4) is 5.75 Å². The van der Waals surface area contributed by atoms with Gasteiger partial charge in [0, 0.05) is 0 Å². The monoisotopic (exact) mass is 252 g/mol. The maximum absolute atomic E-state index is 12.0. The lowest BCUT2D eigenvalue weighted by atomic mass is 9.99. The van der Waals surface area contributed by atoms with E-state index in [1.807, 2.05) is 13.8 Å². The van der Waals surface area contributed by atoms with Crippen molar-refractivity contribution < 1.29 is 17.9 Å². The van der Waals surface area contributed by atoms with Gasteiger partial charge in [-0.05, 0) is 30.0 Å². The van der Waals surface area contributed by atoms with Gasteiger partial charge in [0.25, 0.3) is 0 Å². The number of halogens is 4. The maximum atomic E-state index is 12.0. The minimum atomic E-state index is -4.71. The lowest BCUT2D eigenvalue weighted by Crippen LogP contribution is -2.17. The molecule has 0 spiro atoms. The molecule has 0 fully saturated rings. The third-order valence-electron chi connectivity index (χ3n) is 2.36. The topological polar surface area (TPSA) is 9.23 Å². The molecule has 0 radical (unpaired) electrons. The fraction of sp³-hybridized carbons (Fsp3) is 0.455. The molecule has 1 nitrogen and oxygen atoms in total. The number of rotatable bonds is 3. The molecule has 16 heavy (non-hydrogen) atoms. The summed E-state index contributed by atoms with van der Waals surface area (Å²) in [7, 11) is 0. The van der Waals surface area contributed by atoms with Crippen molar-refractivity contribution in [2.75, 3.05) is 0 Å². The maximum Gasteiger partial charge on any atom is 0.573 e. The molecule has 0 N–H and O–H groups in total. The zero-order valence-electron chi connectivity index (χ0n) is 8.94. The van der Waals surface area contributed by atoms with Crippen molar-refractivity contribution in [3.05, 3.63) is 28.8 Å². The molecular weight excluding hydrogens is 241 g/mol. The van der Waals surface area contributed by atoms with E-state index in [0.717, 1.165) is 12.0 Å². The Morgan fingerprint density at radius 2 is 2.00 bits per heavy atom. The zero-order chi connectivity index (χ0) is 12.3. The van der Waals surface area contributed by atoms with Crippen LogP contribution in [0.2, 0.25) is 5.02 Å². The minimum Gasteiger partial charge on any atom is -0.404 e. The van der Waals surface area contributed by atoms with Gasteiger partial charge >= 0.3 is 6.36 Å². The van der Waals surface area contributed by atoms with Gasteiger partial charge in [-0.25, -0.2) is 0 Å². The van der Waals surface area contributed by atoms with Crippen LogP contribution in [-0.2, 0) is 0 Å². The van der Waals surface area contributed by atoms with Gasteiger partial charge in [-0.1, -0.05) is 31.5 Å². The van der Waals surface area contributed by atoms with Crippen LogP contribution in [0.15, 0.2) is 18.2 Å². The number of benzene rings is 1. The van der Waals surface area contributed by atoms with Crippen LogP contribution in [0, 0.1) is 0 Å². The Hall–Kier alpha value is -0.900. The summed E-state index contributed by atoms with van der Waals surface area (Å²) < 4.78 is 39.7. The summed E-state index contributed by atoms with van der Waals surface area (Å²) in [6.07, 6.45) is -3.81. The van der Waals surface area contributed by atoms with Crippen LogP contribution in [0.25, 0.3) is 0 Å². The second-order valence-electron chi connectivity index (χ2n) is 3.55. The van der Waals surface area contributed by atoms with E-state index in [9.17, 15) is 13.2 Å². The van der Waals surface area contributed by atoms with Crippen LogP contribution in [0.4, 0.5) is 13.2 Å². The first-order valence-electron chi connectivity index (χ1n) is 4.88. The lowest BCUT2D eigenvalue weighted by molar-refractivity contribution is -0.274. The van der Waals surface area contributed by atoms with Gasteiger partial charge < -0.3 is 4.74 Å². The summed E-state index contributed by atoms with van der Waals surface area (Å²) in [5.74, 6) is -0.0985. The summed E-state index contributed by atoms with van der Waals surface area (Å²) >= 11 is 5.71. The van der Waals surface area contributed by atoms with E-state index in [1.54, 1.807) is 6.07 Å². The van der Waals surface area contributed by atoms with Crippen molar-refractivity contribution in [2.24, 2.45) is 0 Å².